The van der Waals surface area contributed by atoms with Gasteiger partial charge < -0.3 is 9.84 Å². The van der Waals surface area contributed by atoms with Gasteiger partial charge in [-0.15, -0.1) is 11.8 Å². The molecule has 0 fully saturated rings. The number of sulfone groups is 1. The fraction of sp³-hybridized carbons (Fsp3) is 0.375. The Morgan fingerprint density at radius 1 is 1.29 bits per heavy atom. The average molecular weight is 368 g/mol. The smallest absolute Gasteiger partial charge is 0.234 e. The summed E-state index contributed by atoms with van der Waals surface area (Å²) in [7, 11) is -3.31. The van der Waals surface area contributed by atoms with Crippen molar-refractivity contribution in [3.8, 4) is 0 Å². The first kappa shape index (κ1) is 18.5. The molecule has 0 atom stereocenters. The molecule has 24 heavy (non-hydrogen) atoms. The number of benzene rings is 1. The molecule has 0 unspecified atom stereocenters. The predicted molar refractivity (Wildman–Crippen MR) is 95.1 cm³/mol. The zero-order valence-electron chi connectivity index (χ0n) is 14.0. The monoisotopic (exact) mass is 368 g/mol. The van der Waals surface area contributed by atoms with Crippen LogP contribution in [0.1, 0.15) is 22.6 Å². The lowest BCUT2D eigenvalue weighted by molar-refractivity contribution is -0.113. The van der Waals surface area contributed by atoms with E-state index in [1.54, 1.807) is 6.07 Å². The van der Waals surface area contributed by atoms with E-state index in [0.717, 1.165) is 28.8 Å². The fourth-order valence-corrected chi connectivity index (χ4v) is 3.73. The zero-order chi connectivity index (χ0) is 17.9. The minimum atomic E-state index is -3.31. The van der Waals surface area contributed by atoms with Crippen molar-refractivity contribution in [2.45, 2.75) is 31.4 Å². The summed E-state index contributed by atoms with van der Waals surface area (Å²) in [5.74, 6) is 1.47. The highest BCUT2D eigenvalue weighted by atomic mass is 32.2. The molecule has 0 aliphatic carbocycles. The summed E-state index contributed by atoms with van der Waals surface area (Å²) in [6, 6.07) is 4.71. The van der Waals surface area contributed by atoms with Gasteiger partial charge in [0.2, 0.25) is 5.91 Å². The molecule has 1 aromatic heterocycles. The topological polar surface area (TPSA) is 89.3 Å². The Morgan fingerprint density at radius 2 is 2.00 bits per heavy atom. The summed E-state index contributed by atoms with van der Waals surface area (Å²) in [4.78, 5) is 12.3. The van der Waals surface area contributed by atoms with E-state index >= 15 is 0 Å². The van der Waals surface area contributed by atoms with E-state index in [0.29, 0.717) is 11.4 Å². The summed E-state index contributed by atoms with van der Waals surface area (Å²) in [6.07, 6.45) is 1.14. The lowest BCUT2D eigenvalue weighted by Gasteiger charge is -2.10. The molecule has 0 bridgehead atoms. The third-order valence-corrected chi connectivity index (χ3v) is 5.64. The second-order valence-corrected chi connectivity index (χ2v) is 8.59. The van der Waals surface area contributed by atoms with Gasteiger partial charge in [0, 0.05) is 23.3 Å². The first-order valence-corrected chi connectivity index (χ1v) is 10.3. The van der Waals surface area contributed by atoms with E-state index in [9.17, 15) is 13.2 Å². The molecule has 130 valence electrons. The van der Waals surface area contributed by atoms with Crippen LogP contribution in [0, 0.1) is 20.8 Å². The molecule has 0 saturated carbocycles. The molecular formula is C16H20N2O4S2. The van der Waals surface area contributed by atoms with Gasteiger partial charge in [0.25, 0.3) is 0 Å². The van der Waals surface area contributed by atoms with Crippen LogP contribution >= 0.6 is 11.8 Å². The number of thioether (sulfide) groups is 1. The van der Waals surface area contributed by atoms with Crippen LogP contribution in [0.2, 0.25) is 0 Å². The van der Waals surface area contributed by atoms with Gasteiger partial charge in [0.05, 0.1) is 16.3 Å². The molecule has 6 nitrogen and oxygen atoms in total. The molecule has 2 aromatic rings. The number of aryl methyl sites for hydroxylation is 3. The van der Waals surface area contributed by atoms with Crippen molar-refractivity contribution < 1.29 is 17.7 Å². The highest BCUT2D eigenvalue weighted by Gasteiger charge is 2.13. The van der Waals surface area contributed by atoms with E-state index in [1.165, 1.54) is 23.9 Å². The Hall–Kier alpha value is -1.80. The molecule has 1 aromatic carbocycles. The van der Waals surface area contributed by atoms with E-state index in [1.807, 2.05) is 20.8 Å². The summed E-state index contributed by atoms with van der Waals surface area (Å²) in [5.41, 5.74) is 3.16. The van der Waals surface area contributed by atoms with Crippen LogP contribution in [0.4, 0.5) is 5.69 Å². The number of anilines is 1. The minimum absolute atomic E-state index is 0.180. The number of hydrogen-bond donors (Lipinski definition) is 1. The zero-order valence-corrected chi connectivity index (χ0v) is 15.7. The third-order valence-electron chi connectivity index (χ3n) is 3.57. The summed E-state index contributed by atoms with van der Waals surface area (Å²) in [6.45, 7) is 5.53. The first-order valence-electron chi connectivity index (χ1n) is 7.28. The highest BCUT2D eigenvalue weighted by molar-refractivity contribution is 7.99. The molecule has 0 saturated heterocycles. The van der Waals surface area contributed by atoms with Crippen LogP contribution in [0.25, 0.3) is 0 Å². The van der Waals surface area contributed by atoms with Crippen molar-refractivity contribution in [1.29, 1.82) is 0 Å². The lowest BCUT2D eigenvalue weighted by Crippen LogP contribution is -2.15. The number of rotatable bonds is 6. The van der Waals surface area contributed by atoms with Crippen LogP contribution in [-0.2, 0) is 20.4 Å². The Kier molecular flexibility index (Phi) is 5.71. The van der Waals surface area contributed by atoms with Crippen molar-refractivity contribution in [2.24, 2.45) is 0 Å². The normalized spacial score (nSPS) is 11.5. The molecule has 0 aliphatic heterocycles. The average Bonchev–Trinajstić information content (AvgIpc) is 2.80. The first-order chi connectivity index (χ1) is 11.2. The van der Waals surface area contributed by atoms with E-state index in [-0.39, 0.29) is 16.6 Å². The lowest BCUT2D eigenvalue weighted by atomic mass is 10.2. The van der Waals surface area contributed by atoms with Gasteiger partial charge >= 0.3 is 0 Å². The van der Waals surface area contributed by atoms with Crippen LogP contribution in [0.3, 0.4) is 0 Å². The molecule has 0 spiro atoms. The van der Waals surface area contributed by atoms with Crippen molar-refractivity contribution in [2.75, 3.05) is 17.3 Å². The minimum Gasteiger partial charge on any atom is -0.361 e. The van der Waals surface area contributed by atoms with Crippen LogP contribution in [0.15, 0.2) is 27.6 Å². The van der Waals surface area contributed by atoms with Crippen LogP contribution < -0.4 is 5.32 Å². The quantitative estimate of drug-likeness (QED) is 0.843. The van der Waals surface area contributed by atoms with Gasteiger partial charge in [-0.3, -0.25) is 4.79 Å². The maximum absolute atomic E-state index is 12.1. The van der Waals surface area contributed by atoms with Crippen molar-refractivity contribution in [1.82, 2.24) is 5.16 Å². The number of hydrogen-bond acceptors (Lipinski definition) is 6. The van der Waals surface area contributed by atoms with Crippen molar-refractivity contribution in [3.05, 3.63) is 40.8 Å². The van der Waals surface area contributed by atoms with Gasteiger partial charge in [0.15, 0.2) is 9.84 Å². The number of amides is 1. The van der Waals surface area contributed by atoms with Crippen molar-refractivity contribution in [3.63, 3.8) is 0 Å². The number of carbonyl (C=O) groups is 1. The number of nitrogens with one attached hydrogen (secondary N) is 1. The summed E-state index contributed by atoms with van der Waals surface area (Å²) < 4.78 is 28.3. The van der Waals surface area contributed by atoms with Gasteiger partial charge in [-0.05, 0) is 38.5 Å². The van der Waals surface area contributed by atoms with Gasteiger partial charge in [-0.2, -0.15) is 0 Å². The molecule has 0 aliphatic rings. The molecule has 2 rings (SSSR count). The molecule has 1 heterocycles. The number of nitrogens with zero attached hydrogens (tertiary/aromatic N) is 1. The number of carbonyl (C=O) groups excluding carboxylic acids is 1. The van der Waals surface area contributed by atoms with E-state index in [2.05, 4.69) is 10.5 Å². The maximum Gasteiger partial charge on any atom is 0.234 e. The summed E-state index contributed by atoms with van der Waals surface area (Å²) >= 11 is 1.45. The Balaban J connectivity index is 1.98. The van der Waals surface area contributed by atoms with Gasteiger partial charge in [0.1, 0.15) is 5.76 Å². The second-order valence-electron chi connectivity index (χ2n) is 5.59. The van der Waals surface area contributed by atoms with E-state index < -0.39 is 9.84 Å². The SMILES string of the molecule is Cc1ccc(S(C)(=O)=O)cc1NC(=O)CSCc1c(C)noc1C. The summed E-state index contributed by atoms with van der Waals surface area (Å²) in [5, 5.41) is 6.65. The number of aromatic nitrogens is 1. The molecule has 1 N–H and O–H groups in total. The van der Waals surface area contributed by atoms with Crippen LogP contribution in [0.5, 0.6) is 0 Å². The van der Waals surface area contributed by atoms with Crippen molar-refractivity contribution >= 4 is 33.2 Å². The molecule has 0 radical (unpaired) electrons. The Bertz CT molecular complexity index is 837. The standard InChI is InChI=1S/C16H20N2O4S2/c1-10-5-6-13(24(4,20)21)7-15(10)17-16(19)9-23-8-14-11(2)18-22-12(14)3/h5-7H,8-9H2,1-4H3,(H,17,19). The Labute approximate surface area is 145 Å². The molecule has 8 heteroatoms. The van der Waals surface area contributed by atoms with Gasteiger partial charge in [-0.1, -0.05) is 11.2 Å². The predicted octanol–water partition coefficient (Wildman–Crippen LogP) is 2.88. The van der Waals surface area contributed by atoms with Gasteiger partial charge in [-0.25, -0.2) is 8.42 Å². The molecule has 1 amide bonds. The molecular weight excluding hydrogens is 348 g/mol. The van der Waals surface area contributed by atoms with E-state index in [4.69, 9.17) is 4.52 Å². The fourth-order valence-electron chi connectivity index (χ4n) is 2.11. The second kappa shape index (κ2) is 7.40. The largest absolute Gasteiger partial charge is 0.361 e. The van der Waals surface area contributed by atoms with Crippen LogP contribution in [-0.4, -0.2) is 31.5 Å². The maximum atomic E-state index is 12.1. The highest BCUT2D eigenvalue weighted by Crippen LogP contribution is 2.22. The Morgan fingerprint density at radius 3 is 2.58 bits per heavy atom. The third kappa shape index (κ3) is 4.61.